The number of hydrogen-bond donors (Lipinski definition) is 2. The van der Waals surface area contributed by atoms with Gasteiger partial charge in [0, 0.05) is 13.6 Å². The number of carboxylic acids is 1. The lowest BCUT2D eigenvalue weighted by Gasteiger charge is -2.25. The molecule has 1 unspecified atom stereocenters. The van der Waals surface area contributed by atoms with Crippen LogP contribution < -0.4 is 5.32 Å². The minimum atomic E-state index is -0.953. The molecule has 2 N–H and O–H groups in total. The first kappa shape index (κ1) is 18.4. The first-order valence-corrected chi connectivity index (χ1v) is 6.77. The van der Waals surface area contributed by atoms with Crippen LogP contribution in [0.4, 0.5) is 0 Å². The van der Waals surface area contributed by atoms with Gasteiger partial charge in [0.25, 0.3) is 0 Å². The summed E-state index contributed by atoms with van der Waals surface area (Å²) in [5.74, 6) is -1.44. The van der Waals surface area contributed by atoms with Crippen molar-refractivity contribution < 1.29 is 19.5 Å². The molecule has 0 spiro atoms. The van der Waals surface area contributed by atoms with Gasteiger partial charge in [-0.3, -0.25) is 19.3 Å². The Hall–Kier alpha value is -1.63. The third-order valence-electron chi connectivity index (χ3n) is 2.97. The summed E-state index contributed by atoms with van der Waals surface area (Å²) in [5.41, 5.74) is 0. The van der Waals surface area contributed by atoms with E-state index in [1.807, 2.05) is 6.92 Å². The number of likely N-dealkylation sites (N-methyl/N-ethyl adjacent to an activating group) is 2. The number of carbonyl (C=O) groups excluding carboxylic acids is 2. The molecule has 0 rings (SSSR count). The number of carbonyl (C=O) groups is 3. The number of hydrogen-bond acceptors (Lipinski definition) is 4. The molecule has 1 atom stereocenters. The van der Waals surface area contributed by atoms with Crippen molar-refractivity contribution in [2.24, 2.45) is 0 Å². The SMILES string of the molecule is CCCNC(=O)CN(C)C(=O)CN(C)C(CC)C(=O)O. The highest BCUT2D eigenvalue weighted by Crippen LogP contribution is 2.02. The minimum absolute atomic E-state index is 0.0173. The second-order valence-electron chi connectivity index (χ2n) is 4.78. The van der Waals surface area contributed by atoms with Crippen LogP contribution in [0.25, 0.3) is 0 Å². The van der Waals surface area contributed by atoms with E-state index in [-0.39, 0.29) is 24.9 Å². The second-order valence-corrected chi connectivity index (χ2v) is 4.78. The highest BCUT2D eigenvalue weighted by Gasteiger charge is 2.23. The van der Waals surface area contributed by atoms with Gasteiger partial charge < -0.3 is 15.3 Å². The molecule has 7 heteroatoms. The molecule has 0 aliphatic heterocycles. The maximum absolute atomic E-state index is 11.9. The van der Waals surface area contributed by atoms with Crippen molar-refractivity contribution in [2.75, 3.05) is 33.7 Å². The van der Waals surface area contributed by atoms with Crippen LogP contribution in [0.2, 0.25) is 0 Å². The minimum Gasteiger partial charge on any atom is -0.480 e. The van der Waals surface area contributed by atoms with Crippen LogP contribution in [-0.2, 0) is 14.4 Å². The van der Waals surface area contributed by atoms with Crippen LogP contribution in [0.1, 0.15) is 26.7 Å². The van der Waals surface area contributed by atoms with Crippen LogP contribution in [0.15, 0.2) is 0 Å². The fourth-order valence-electron chi connectivity index (χ4n) is 1.74. The maximum atomic E-state index is 11.9. The zero-order chi connectivity index (χ0) is 15.7. The second kappa shape index (κ2) is 9.30. The monoisotopic (exact) mass is 287 g/mol. The van der Waals surface area contributed by atoms with Crippen molar-refractivity contribution in [3.63, 3.8) is 0 Å². The molecule has 0 saturated carbocycles. The molecule has 0 aromatic rings. The maximum Gasteiger partial charge on any atom is 0.320 e. The van der Waals surface area contributed by atoms with E-state index in [4.69, 9.17) is 5.11 Å². The molecular formula is C13H25N3O4. The summed E-state index contributed by atoms with van der Waals surface area (Å²) in [4.78, 5) is 37.2. The summed E-state index contributed by atoms with van der Waals surface area (Å²) in [6, 6.07) is -0.693. The predicted octanol–water partition coefficient (Wildman–Crippen LogP) is -0.234. The Morgan fingerprint density at radius 2 is 1.75 bits per heavy atom. The molecule has 0 heterocycles. The number of aliphatic carboxylic acids is 1. The lowest BCUT2D eigenvalue weighted by atomic mass is 10.2. The quantitative estimate of drug-likeness (QED) is 0.611. The summed E-state index contributed by atoms with van der Waals surface area (Å²) in [7, 11) is 3.12. The molecule has 7 nitrogen and oxygen atoms in total. The standard InChI is InChI=1S/C13H25N3O4/c1-5-7-14-11(17)8-16(4)12(18)9-15(3)10(6-2)13(19)20/h10H,5-9H2,1-4H3,(H,14,17)(H,19,20). The Morgan fingerprint density at radius 1 is 1.15 bits per heavy atom. The first-order chi connectivity index (χ1) is 9.33. The summed E-state index contributed by atoms with van der Waals surface area (Å²) < 4.78 is 0. The van der Waals surface area contributed by atoms with Crippen molar-refractivity contribution in [3.05, 3.63) is 0 Å². The van der Waals surface area contributed by atoms with E-state index in [0.717, 1.165) is 6.42 Å². The summed E-state index contributed by atoms with van der Waals surface area (Å²) in [6.07, 6.45) is 1.25. The third-order valence-corrected chi connectivity index (χ3v) is 2.97. The molecule has 2 amide bonds. The van der Waals surface area contributed by atoms with Gasteiger partial charge in [-0.2, -0.15) is 0 Å². The van der Waals surface area contributed by atoms with Crippen LogP contribution >= 0.6 is 0 Å². The van der Waals surface area contributed by atoms with Gasteiger partial charge in [0.05, 0.1) is 13.1 Å². The van der Waals surface area contributed by atoms with Crippen molar-refractivity contribution >= 4 is 17.8 Å². The van der Waals surface area contributed by atoms with E-state index in [0.29, 0.717) is 13.0 Å². The third kappa shape index (κ3) is 6.51. The van der Waals surface area contributed by atoms with Gasteiger partial charge in [-0.1, -0.05) is 13.8 Å². The Kier molecular flexibility index (Phi) is 8.54. The topological polar surface area (TPSA) is 90.0 Å². The molecule has 0 fully saturated rings. The van der Waals surface area contributed by atoms with Crippen molar-refractivity contribution in [1.29, 1.82) is 0 Å². The number of nitrogens with zero attached hydrogens (tertiary/aromatic N) is 2. The molecule has 0 aliphatic rings. The molecule has 0 aliphatic carbocycles. The van der Waals surface area contributed by atoms with Gasteiger partial charge in [0.1, 0.15) is 6.04 Å². The summed E-state index contributed by atoms with van der Waals surface area (Å²) in [5, 5.41) is 11.7. The molecule has 0 aromatic carbocycles. The Bertz CT molecular complexity index is 347. The molecule has 20 heavy (non-hydrogen) atoms. The predicted molar refractivity (Wildman–Crippen MR) is 75.3 cm³/mol. The summed E-state index contributed by atoms with van der Waals surface area (Å²) in [6.45, 7) is 4.24. The van der Waals surface area contributed by atoms with Crippen molar-refractivity contribution in [2.45, 2.75) is 32.7 Å². The normalized spacial score (nSPS) is 12.1. The average molecular weight is 287 g/mol. The fraction of sp³-hybridized carbons (Fsp3) is 0.769. The zero-order valence-electron chi connectivity index (χ0n) is 12.7. The van der Waals surface area contributed by atoms with Crippen molar-refractivity contribution in [1.82, 2.24) is 15.1 Å². The van der Waals surface area contributed by atoms with E-state index >= 15 is 0 Å². The fourth-order valence-corrected chi connectivity index (χ4v) is 1.74. The highest BCUT2D eigenvalue weighted by atomic mass is 16.4. The van der Waals surface area contributed by atoms with Gasteiger partial charge in [-0.15, -0.1) is 0 Å². The molecule has 0 saturated heterocycles. The lowest BCUT2D eigenvalue weighted by molar-refractivity contribution is -0.144. The smallest absolute Gasteiger partial charge is 0.320 e. The largest absolute Gasteiger partial charge is 0.480 e. The summed E-state index contributed by atoms with van der Waals surface area (Å²) >= 11 is 0. The van der Waals surface area contributed by atoms with Gasteiger partial charge in [0.15, 0.2) is 0 Å². The molecule has 0 aromatic heterocycles. The lowest BCUT2D eigenvalue weighted by Crippen LogP contribution is -2.46. The van der Waals surface area contributed by atoms with Crippen LogP contribution in [0, 0.1) is 0 Å². The van der Waals surface area contributed by atoms with E-state index in [1.54, 1.807) is 14.0 Å². The highest BCUT2D eigenvalue weighted by molar-refractivity contribution is 5.85. The van der Waals surface area contributed by atoms with Gasteiger partial charge in [-0.05, 0) is 19.9 Å². The molecule has 0 bridgehead atoms. The van der Waals surface area contributed by atoms with E-state index < -0.39 is 12.0 Å². The Labute approximate surface area is 119 Å². The van der Waals surface area contributed by atoms with E-state index in [2.05, 4.69) is 5.32 Å². The number of nitrogens with one attached hydrogen (secondary N) is 1. The van der Waals surface area contributed by atoms with Crippen LogP contribution in [-0.4, -0.2) is 72.5 Å². The van der Waals surface area contributed by atoms with Crippen LogP contribution in [0.5, 0.6) is 0 Å². The Morgan fingerprint density at radius 3 is 2.20 bits per heavy atom. The van der Waals surface area contributed by atoms with Crippen LogP contribution in [0.3, 0.4) is 0 Å². The molecular weight excluding hydrogens is 262 g/mol. The number of carboxylic acid groups (broad SMARTS) is 1. The number of amides is 2. The number of rotatable bonds is 9. The molecule has 116 valence electrons. The van der Waals surface area contributed by atoms with E-state index in [1.165, 1.54) is 16.8 Å². The zero-order valence-corrected chi connectivity index (χ0v) is 12.7. The van der Waals surface area contributed by atoms with Gasteiger partial charge in [-0.25, -0.2) is 0 Å². The average Bonchev–Trinajstić information content (AvgIpc) is 2.36. The Balaban J connectivity index is 4.31. The van der Waals surface area contributed by atoms with Gasteiger partial charge >= 0.3 is 5.97 Å². The van der Waals surface area contributed by atoms with Crippen molar-refractivity contribution in [3.8, 4) is 0 Å². The van der Waals surface area contributed by atoms with E-state index in [9.17, 15) is 14.4 Å². The molecule has 0 radical (unpaired) electrons. The van der Waals surface area contributed by atoms with Gasteiger partial charge in [0.2, 0.25) is 11.8 Å². The first-order valence-electron chi connectivity index (χ1n) is 6.77.